The molecule has 0 aliphatic carbocycles. The lowest BCUT2D eigenvalue weighted by atomic mass is 10.1. The van der Waals surface area contributed by atoms with Crippen molar-refractivity contribution in [1.29, 1.82) is 0 Å². The molecule has 6 nitrogen and oxygen atoms in total. The van der Waals surface area contributed by atoms with Crippen LogP contribution in [0.1, 0.15) is 65.2 Å². The Kier molecular flexibility index (Phi) is 14.7. The van der Waals surface area contributed by atoms with Crippen LogP contribution in [0, 0.1) is 11.8 Å². The van der Waals surface area contributed by atoms with E-state index in [0.29, 0.717) is 11.8 Å². The highest BCUT2D eigenvalue weighted by atomic mass is 32.2. The van der Waals surface area contributed by atoms with Gasteiger partial charge in [-0.15, -0.1) is 0 Å². The molecule has 2 atom stereocenters. The van der Waals surface area contributed by atoms with E-state index >= 15 is 0 Å². The molecular weight excluding hydrogens is 729 g/mol. The molecule has 0 saturated carbocycles. The SMILES string of the molecule is COc1ccc2c(c1)N(C[C@@H](C)C[N+](C)(C)CCCCCCCCCC[N+](C)(C)C[C@@H](C)CN1c3ccccc3Sc3ccc(OC)cc31)c1ccccc1S2. The summed E-state index contributed by atoms with van der Waals surface area (Å²) >= 11 is 3.73. The van der Waals surface area contributed by atoms with Crippen LogP contribution in [-0.4, -0.2) is 90.6 Å². The summed E-state index contributed by atoms with van der Waals surface area (Å²) in [6, 6.07) is 30.7. The second-order valence-corrected chi connectivity index (χ2v) is 19.9. The molecule has 0 fully saturated rings. The summed E-state index contributed by atoms with van der Waals surface area (Å²) in [5, 5.41) is 0. The number of fused-ring (bicyclic) bond motifs is 4. The van der Waals surface area contributed by atoms with E-state index in [0.717, 1.165) is 33.6 Å². The second kappa shape index (κ2) is 19.4. The number of unbranched alkanes of at least 4 members (excludes halogenated alkanes) is 7. The van der Waals surface area contributed by atoms with Crippen molar-refractivity contribution < 1.29 is 18.4 Å². The Morgan fingerprint density at radius 2 is 0.839 bits per heavy atom. The molecule has 2 heterocycles. The van der Waals surface area contributed by atoms with Gasteiger partial charge in [0.05, 0.1) is 91.3 Å². The van der Waals surface area contributed by atoms with Crippen LogP contribution in [0.5, 0.6) is 11.5 Å². The highest BCUT2D eigenvalue weighted by Crippen LogP contribution is 2.50. The molecule has 0 N–H and O–H groups in total. The molecule has 302 valence electrons. The number of hydrogen-bond acceptors (Lipinski definition) is 6. The van der Waals surface area contributed by atoms with E-state index < -0.39 is 0 Å². The van der Waals surface area contributed by atoms with Gasteiger partial charge in [-0.05, 0) is 74.2 Å². The highest BCUT2D eigenvalue weighted by molar-refractivity contribution is 8.00. The fraction of sp³-hybridized carbons (Fsp3) is 0.500. The average Bonchev–Trinajstić information content (AvgIpc) is 3.17. The first-order valence-corrected chi connectivity index (χ1v) is 22.7. The molecule has 56 heavy (non-hydrogen) atoms. The minimum Gasteiger partial charge on any atom is -0.497 e. The summed E-state index contributed by atoms with van der Waals surface area (Å²) in [5.41, 5.74) is 5.17. The van der Waals surface area contributed by atoms with Crippen LogP contribution in [0.25, 0.3) is 0 Å². The van der Waals surface area contributed by atoms with Crippen LogP contribution in [0.3, 0.4) is 0 Å². The third-order valence-electron chi connectivity index (χ3n) is 11.5. The van der Waals surface area contributed by atoms with Crippen LogP contribution in [0.4, 0.5) is 22.7 Å². The maximum absolute atomic E-state index is 5.62. The zero-order valence-electron chi connectivity index (χ0n) is 35.6. The lowest BCUT2D eigenvalue weighted by Crippen LogP contribution is -2.45. The predicted molar refractivity (Wildman–Crippen MR) is 240 cm³/mol. The number of rotatable bonds is 21. The Hall–Kier alpha value is -3.30. The Morgan fingerprint density at radius 1 is 0.482 bits per heavy atom. The number of hydrogen-bond donors (Lipinski definition) is 0. The first-order chi connectivity index (χ1) is 26.9. The van der Waals surface area contributed by atoms with Crippen molar-refractivity contribution in [3.63, 3.8) is 0 Å². The smallest absolute Gasteiger partial charge is 0.121 e. The summed E-state index contributed by atoms with van der Waals surface area (Å²) in [5.74, 6) is 2.96. The van der Waals surface area contributed by atoms with E-state index in [9.17, 15) is 0 Å². The van der Waals surface area contributed by atoms with Crippen molar-refractivity contribution in [1.82, 2.24) is 0 Å². The molecule has 0 aromatic heterocycles. The molecule has 2 aliphatic heterocycles. The minimum absolute atomic E-state index is 0.556. The van der Waals surface area contributed by atoms with Crippen molar-refractivity contribution >= 4 is 46.3 Å². The molecule has 0 saturated heterocycles. The maximum Gasteiger partial charge on any atom is 0.121 e. The fourth-order valence-electron chi connectivity index (χ4n) is 9.01. The van der Waals surface area contributed by atoms with Gasteiger partial charge in [0.25, 0.3) is 0 Å². The molecule has 8 heteroatoms. The Morgan fingerprint density at radius 3 is 1.23 bits per heavy atom. The molecule has 0 bridgehead atoms. The molecule has 0 amide bonds. The van der Waals surface area contributed by atoms with Gasteiger partial charge in [0, 0.05) is 56.6 Å². The quantitative estimate of drug-likeness (QED) is 0.0615. The average molecular weight is 797 g/mol. The van der Waals surface area contributed by atoms with Gasteiger partial charge in [-0.2, -0.15) is 0 Å². The van der Waals surface area contributed by atoms with Gasteiger partial charge in [0.15, 0.2) is 0 Å². The van der Waals surface area contributed by atoms with Gasteiger partial charge < -0.3 is 28.2 Å². The highest BCUT2D eigenvalue weighted by Gasteiger charge is 2.29. The van der Waals surface area contributed by atoms with Gasteiger partial charge in [-0.25, -0.2) is 0 Å². The normalized spacial score (nSPS) is 14.7. The zero-order valence-corrected chi connectivity index (χ0v) is 37.2. The first kappa shape index (κ1) is 42.3. The molecule has 2 aliphatic rings. The zero-order chi connectivity index (χ0) is 39.7. The Balaban J connectivity index is 0.860. The molecule has 4 aromatic rings. The Labute approximate surface area is 347 Å². The third kappa shape index (κ3) is 11.2. The van der Waals surface area contributed by atoms with Crippen molar-refractivity contribution in [3.8, 4) is 11.5 Å². The molecule has 4 aromatic carbocycles. The van der Waals surface area contributed by atoms with Gasteiger partial charge in [-0.1, -0.05) is 87.3 Å². The van der Waals surface area contributed by atoms with Crippen molar-refractivity contribution in [3.05, 3.63) is 84.9 Å². The second-order valence-electron chi connectivity index (χ2n) is 17.8. The van der Waals surface area contributed by atoms with Crippen molar-refractivity contribution in [2.24, 2.45) is 11.8 Å². The monoisotopic (exact) mass is 796 g/mol. The number of ether oxygens (including phenoxy) is 2. The number of para-hydroxylation sites is 2. The van der Waals surface area contributed by atoms with Crippen LogP contribution in [0.15, 0.2) is 105 Å². The summed E-state index contributed by atoms with van der Waals surface area (Å²) in [4.78, 5) is 10.3. The van der Waals surface area contributed by atoms with E-state index in [-0.39, 0.29) is 0 Å². The molecule has 0 spiro atoms. The summed E-state index contributed by atoms with van der Waals surface area (Å²) in [7, 11) is 13.2. The van der Waals surface area contributed by atoms with Crippen molar-refractivity contribution in [2.45, 2.75) is 84.8 Å². The third-order valence-corrected chi connectivity index (χ3v) is 13.8. The van der Waals surface area contributed by atoms with Gasteiger partial charge in [-0.3, -0.25) is 0 Å². The lowest BCUT2D eigenvalue weighted by molar-refractivity contribution is -0.893. The van der Waals surface area contributed by atoms with Crippen LogP contribution >= 0.6 is 23.5 Å². The molecular formula is C48H68N4O2S2+2. The van der Waals surface area contributed by atoms with Gasteiger partial charge in [0.1, 0.15) is 11.5 Å². The summed E-state index contributed by atoms with van der Waals surface area (Å²) in [6.07, 6.45) is 10.8. The fourth-order valence-corrected chi connectivity index (χ4v) is 11.2. The lowest BCUT2D eigenvalue weighted by Gasteiger charge is -2.37. The maximum atomic E-state index is 5.62. The minimum atomic E-state index is 0.556. The predicted octanol–water partition coefficient (Wildman–Crippen LogP) is 12.2. The molecule has 6 rings (SSSR count). The number of benzene rings is 4. The topological polar surface area (TPSA) is 24.9 Å². The standard InChI is InChI=1S/C48H68N4O2S2/c1-37(33-49-41-21-15-17-23-45(41)55-47-27-25-39(53-7)31-43(47)49)35-51(3,4)29-19-13-11-9-10-12-14-20-30-52(5,6)36-38(2)34-50-42-22-16-18-24-46(42)56-48-28-26-40(54-8)32-44(48)50/h15-18,21-28,31-32,37-38H,9-14,19-20,29-30,33-36H2,1-8H3/q+2/t37-,38+. The van der Waals surface area contributed by atoms with Gasteiger partial charge >= 0.3 is 0 Å². The summed E-state index contributed by atoms with van der Waals surface area (Å²) < 4.78 is 13.4. The van der Waals surface area contributed by atoms with E-state index in [1.165, 1.54) is 120 Å². The number of methoxy groups -OCH3 is 2. The summed E-state index contributed by atoms with van der Waals surface area (Å²) in [6.45, 7) is 11.7. The van der Waals surface area contributed by atoms with E-state index in [4.69, 9.17) is 9.47 Å². The van der Waals surface area contributed by atoms with Crippen molar-refractivity contribution in [2.75, 3.05) is 91.5 Å². The van der Waals surface area contributed by atoms with Crippen LogP contribution in [-0.2, 0) is 0 Å². The Bertz CT molecular complexity index is 1740. The van der Waals surface area contributed by atoms with Crippen LogP contribution in [0.2, 0.25) is 0 Å². The molecule has 0 unspecified atom stereocenters. The number of anilines is 4. The van der Waals surface area contributed by atoms with Crippen LogP contribution < -0.4 is 19.3 Å². The number of nitrogens with zero attached hydrogens (tertiary/aromatic N) is 4. The first-order valence-electron chi connectivity index (χ1n) is 21.0. The largest absolute Gasteiger partial charge is 0.497 e. The van der Waals surface area contributed by atoms with E-state index in [2.05, 4.69) is 137 Å². The molecule has 0 radical (unpaired) electrons. The van der Waals surface area contributed by atoms with E-state index in [1.54, 1.807) is 14.2 Å². The number of quaternary nitrogens is 2. The van der Waals surface area contributed by atoms with E-state index in [1.807, 2.05) is 23.5 Å². The van der Waals surface area contributed by atoms with Gasteiger partial charge in [0.2, 0.25) is 0 Å².